The van der Waals surface area contributed by atoms with Crippen molar-refractivity contribution in [1.82, 2.24) is 0 Å². The molecule has 2 N–H and O–H groups in total. The Bertz CT molecular complexity index is 404. The molecule has 0 aromatic heterocycles. The van der Waals surface area contributed by atoms with Crippen LogP contribution in [0.1, 0.15) is 20.7 Å². The molecule has 15 heavy (non-hydrogen) atoms. The van der Waals surface area contributed by atoms with Crippen molar-refractivity contribution in [3.05, 3.63) is 47.9 Å². The molecule has 0 amide bonds. The maximum atomic E-state index is 11.1. The number of carbonyl (C=O) groups is 2. The molecule has 1 aromatic carbocycles. The fourth-order valence-electron chi connectivity index (χ4n) is 0.915. The summed E-state index contributed by atoms with van der Waals surface area (Å²) in [5.74, 6) is -2.58. The number of aromatic carboxylic acids is 1. The lowest BCUT2D eigenvalue weighted by molar-refractivity contribution is 0.0451. The van der Waals surface area contributed by atoms with Crippen LogP contribution in [0.25, 0.3) is 0 Å². The van der Waals surface area contributed by atoms with Gasteiger partial charge >= 0.3 is 11.9 Å². The number of hydrogen-bond acceptors (Lipinski definition) is 4. The molecular formula is C10H8O5. The van der Waals surface area contributed by atoms with Crippen molar-refractivity contribution in [2.75, 3.05) is 0 Å². The topological polar surface area (TPSA) is 83.8 Å². The summed E-state index contributed by atoms with van der Waals surface area (Å²) in [6.45, 7) is 2.98. The van der Waals surface area contributed by atoms with Gasteiger partial charge in [-0.3, -0.25) is 0 Å². The van der Waals surface area contributed by atoms with Crippen molar-refractivity contribution in [3.63, 3.8) is 0 Å². The predicted octanol–water partition coefficient (Wildman–Crippen LogP) is 1.57. The Morgan fingerprint density at radius 2 is 1.53 bits per heavy atom. The van der Waals surface area contributed by atoms with Gasteiger partial charge in [-0.25, -0.2) is 9.59 Å². The van der Waals surface area contributed by atoms with Crippen molar-refractivity contribution < 1.29 is 24.5 Å². The molecule has 0 spiro atoms. The number of ether oxygens (including phenoxy) is 1. The molecule has 0 aliphatic carbocycles. The minimum atomic E-state index is -1.08. The van der Waals surface area contributed by atoms with Crippen LogP contribution < -0.4 is 0 Å². The van der Waals surface area contributed by atoms with E-state index >= 15 is 0 Å². The van der Waals surface area contributed by atoms with Crippen LogP contribution in [-0.2, 0) is 4.74 Å². The van der Waals surface area contributed by atoms with Crippen LogP contribution in [0.2, 0.25) is 0 Å². The molecule has 1 rings (SSSR count). The van der Waals surface area contributed by atoms with Crippen LogP contribution in [0.4, 0.5) is 0 Å². The van der Waals surface area contributed by atoms with Gasteiger partial charge in [0.15, 0.2) is 0 Å². The molecule has 0 aliphatic rings. The molecule has 78 valence electrons. The molecule has 0 saturated carbocycles. The zero-order valence-corrected chi connectivity index (χ0v) is 7.64. The molecule has 0 fully saturated rings. The average Bonchev–Trinajstić information content (AvgIpc) is 2.17. The summed E-state index contributed by atoms with van der Waals surface area (Å²) in [6, 6.07) is 5.10. The molecule has 0 radical (unpaired) electrons. The zero-order valence-electron chi connectivity index (χ0n) is 7.64. The summed E-state index contributed by atoms with van der Waals surface area (Å²) >= 11 is 0. The van der Waals surface area contributed by atoms with E-state index < -0.39 is 17.9 Å². The number of benzene rings is 1. The fraction of sp³-hybridized carbons (Fsp3) is 0. The van der Waals surface area contributed by atoms with Gasteiger partial charge in [-0.15, -0.1) is 0 Å². The van der Waals surface area contributed by atoms with Crippen molar-refractivity contribution in [2.24, 2.45) is 0 Å². The van der Waals surface area contributed by atoms with Crippen LogP contribution in [0.5, 0.6) is 0 Å². The van der Waals surface area contributed by atoms with Crippen molar-refractivity contribution >= 4 is 11.9 Å². The highest BCUT2D eigenvalue weighted by Crippen LogP contribution is 2.07. The van der Waals surface area contributed by atoms with Crippen molar-refractivity contribution in [2.45, 2.75) is 0 Å². The van der Waals surface area contributed by atoms with E-state index in [1.165, 1.54) is 24.3 Å². The summed E-state index contributed by atoms with van der Waals surface area (Å²) in [5.41, 5.74) is 0.199. The van der Waals surface area contributed by atoms with E-state index in [0.29, 0.717) is 0 Å². The fourth-order valence-corrected chi connectivity index (χ4v) is 0.915. The van der Waals surface area contributed by atoms with Crippen LogP contribution in [0.15, 0.2) is 36.8 Å². The third kappa shape index (κ3) is 2.84. The number of hydrogen-bond donors (Lipinski definition) is 2. The minimum Gasteiger partial charge on any atom is -0.481 e. The Morgan fingerprint density at radius 1 is 1.07 bits per heavy atom. The maximum Gasteiger partial charge on any atom is 0.345 e. The standard InChI is InChI=1S/C10H8O5/c1-6(11)15-10(14)8-4-2-7(3-5-8)9(12)13/h2-5,11H,1H2,(H,12,13). The number of aliphatic hydroxyl groups is 1. The Labute approximate surface area is 85.2 Å². The van der Waals surface area contributed by atoms with Gasteiger partial charge in [0.05, 0.1) is 11.1 Å². The largest absolute Gasteiger partial charge is 0.481 e. The SMILES string of the molecule is C=C(O)OC(=O)c1ccc(C(=O)O)cc1. The first-order chi connectivity index (χ1) is 7.00. The Kier molecular flexibility index (Phi) is 3.07. The summed E-state index contributed by atoms with van der Waals surface area (Å²) in [5, 5.41) is 17.2. The third-order valence-corrected chi connectivity index (χ3v) is 1.58. The lowest BCUT2D eigenvalue weighted by Crippen LogP contribution is -2.05. The van der Waals surface area contributed by atoms with E-state index in [0.717, 1.165) is 0 Å². The quantitative estimate of drug-likeness (QED) is 0.581. The number of esters is 1. The van der Waals surface area contributed by atoms with Gasteiger partial charge in [0.2, 0.25) is 0 Å². The van der Waals surface area contributed by atoms with Gasteiger partial charge in [-0.1, -0.05) is 0 Å². The maximum absolute atomic E-state index is 11.1. The zero-order chi connectivity index (χ0) is 11.4. The van der Waals surface area contributed by atoms with E-state index in [4.69, 9.17) is 10.2 Å². The van der Waals surface area contributed by atoms with E-state index in [2.05, 4.69) is 11.3 Å². The number of carbonyl (C=O) groups excluding carboxylic acids is 1. The average molecular weight is 208 g/mol. The predicted molar refractivity (Wildman–Crippen MR) is 50.6 cm³/mol. The second-order valence-electron chi connectivity index (χ2n) is 2.67. The Hall–Kier alpha value is -2.30. The number of carboxylic acids is 1. The van der Waals surface area contributed by atoms with Gasteiger partial charge in [0.1, 0.15) is 0 Å². The molecule has 5 nitrogen and oxygen atoms in total. The van der Waals surface area contributed by atoms with Gasteiger partial charge in [0.25, 0.3) is 5.95 Å². The number of carboxylic acid groups (broad SMARTS) is 1. The third-order valence-electron chi connectivity index (χ3n) is 1.58. The smallest absolute Gasteiger partial charge is 0.345 e. The van der Waals surface area contributed by atoms with Crippen LogP contribution in [-0.4, -0.2) is 22.2 Å². The summed E-state index contributed by atoms with van der Waals surface area (Å²) in [4.78, 5) is 21.6. The first kappa shape index (κ1) is 10.8. The van der Waals surface area contributed by atoms with E-state index in [-0.39, 0.29) is 11.1 Å². The monoisotopic (exact) mass is 208 g/mol. The number of rotatable bonds is 3. The molecule has 1 aromatic rings. The van der Waals surface area contributed by atoms with Crippen LogP contribution in [0.3, 0.4) is 0 Å². The van der Waals surface area contributed by atoms with Gasteiger partial charge < -0.3 is 14.9 Å². The molecule has 0 aliphatic heterocycles. The molecule has 0 heterocycles. The molecule has 0 atom stereocenters. The lowest BCUT2D eigenvalue weighted by Gasteiger charge is -2.01. The van der Waals surface area contributed by atoms with Gasteiger partial charge in [0, 0.05) is 0 Å². The van der Waals surface area contributed by atoms with Crippen molar-refractivity contribution in [3.8, 4) is 0 Å². The second kappa shape index (κ2) is 4.28. The van der Waals surface area contributed by atoms with Gasteiger partial charge in [-0.05, 0) is 30.8 Å². The lowest BCUT2D eigenvalue weighted by atomic mass is 10.1. The minimum absolute atomic E-state index is 0.0642. The Morgan fingerprint density at radius 3 is 1.93 bits per heavy atom. The first-order valence-corrected chi connectivity index (χ1v) is 3.94. The van der Waals surface area contributed by atoms with Crippen LogP contribution >= 0.6 is 0 Å². The van der Waals surface area contributed by atoms with E-state index in [9.17, 15) is 9.59 Å². The Balaban J connectivity index is 2.84. The second-order valence-corrected chi connectivity index (χ2v) is 2.67. The highest BCUT2D eigenvalue weighted by atomic mass is 16.6. The molecule has 0 unspecified atom stereocenters. The summed E-state index contributed by atoms with van der Waals surface area (Å²) < 4.78 is 4.31. The normalized spacial score (nSPS) is 9.33. The highest BCUT2D eigenvalue weighted by molar-refractivity contribution is 5.92. The van der Waals surface area contributed by atoms with E-state index in [1.807, 2.05) is 0 Å². The molecule has 0 bridgehead atoms. The van der Waals surface area contributed by atoms with E-state index in [1.54, 1.807) is 0 Å². The summed E-state index contributed by atoms with van der Waals surface area (Å²) in [7, 11) is 0. The number of aliphatic hydroxyl groups excluding tert-OH is 1. The van der Waals surface area contributed by atoms with Crippen LogP contribution in [0, 0.1) is 0 Å². The molecule has 5 heteroatoms. The summed E-state index contributed by atoms with van der Waals surface area (Å²) in [6.07, 6.45) is 0. The molecule has 0 saturated heterocycles. The highest BCUT2D eigenvalue weighted by Gasteiger charge is 2.09. The first-order valence-electron chi connectivity index (χ1n) is 3.94. The van der Waals surface area contributed by atoms with Crippen molar-refractivity contribution in [1.29, 1.82) is 0 Å². The molecular weight excluding hydrogens is 200 g/mol. The van der Waals surface area contributed by atoms with Gasteiger partial charge in [-0.2, -0.15) is 0 Å².